The molecule has 3 rings (SSSR count). The lowest BCUT2D eigenvalue weighted by Crippen LogP contribution is -2.40. The molecular weight excluding hydrogens is 316 g/mol. The summed E-state index contributed by atoms with van der Waals surface area (Å²) >= 11 is 0. The average Bonchev–Trinajstić information content (AvgIpc) is 3.01. The van der Waals surface area contributed by atoms with Crippen LogP contribution in [0.2, 0.25) is 0 Å². The predicted molar refractivity (Wildman–Crippen MR) is 86.8 cm³/mol. The van der Waals surface area contributed by atoms with Crippen LogP contribution in [0.15, 0.2) is 24.3 Å². The molecule has 2 fully saturated rings. The van der Waals surface area contributed by atoms with Crippen molar-refractivity contribution >= 4 is 27.3 Å². The lowest BCUT2D eigenvalue weighted by molar-refractivity contribution is -0.126. The van der Waals surface area contributed by atoms with Gasteiger partial charge in [0.25, 0.3) is 0 Å². The van der Waals surface area contributed by atoms with Gasteiger partial charge in [-0.3, -0.25) is 9.59 Å². The number of rotatable bonds is 3. The van der Waals surface area contributed by atoms with Crippen LogP contribution < -0.4 is 10.2 Å². The molecule has 2 heterocycles. The van der Waals surface area contributed by atoms with Crippen molar-refractivity contribution in [1.29, 1.82) is 0 Å². The first kappa shape index (κ1) is 16.0. The quantitative estimate of drug-likeness (QED) is 0.878. The van der Waals surface area contributed by atoms with Gasteiger partial charge in [-0.25, -0.2) is 8.42 Å². The number of carbonyl (C=O) groups excluding carboxylic acids is 2. The van der Waals surface area contributed by atoms with Crippen LogP contribution in [-0.2, 0) is 19.4 Å². The number of hydrogen-bond acceptors (Lipinski definition) is 4. The van der Waals surface area contributed by atoms with Crippen LogP contribution in [-0.4, -0.2) is 44.3 Å². The molecule has 1 aromatic rings. The van der Waals surface area contributed by atoms with Gasteiger partial charge in [-0.15, -0.1) is 0 Å². The van der Waals surface area contributed by atoms with Gasteiger partial charge in [0.2, 0.25) is 11.8 Å². The highest BCUT2D eigenvalue weighted by Gasteiger charge is 2.37. The Morgan fingerprint density at radius 2 is 2.13 bits per heavy atom. The molecule has 2 aliphatic rings. The Bertz CT molecular complexity index is 744. The molecule has 0 bridgehead atoms. The maximum absolute atomic E-state index is 12.3. The van der Waals surface area contributed by atoms with E-state index in [9.17, 15) is 18.0 Å². The molecule has 0 spiro atoms. The molecular formula is C16H20N2O4S. The number of sulfone groups is 1. The smallest absolute Gasteiger partial charge is 0.227 e. The van der Waals surface area contributed by atoms with Gasteiger partial charge in [-0.05, 0) is 31.0 Å². The van der Waals surface area contributed by atoms with Crippen LogP contribution in [0.3, 0.4) is 0 Å². The molecule has 2 amide bonds. The van der Waals surface area contributed by atoms with Gasteiger partial charge in [0.05, 0.1) is 17.4 Å². The monoisotopic (exact) mass is 336 g/mol. The third-order valence-electron chi connectivity index (χ3n) is 4.39. The Morgan fingerprint density at radius 1 is 1.35 bits per heavy atom. The molecule has 2 aliphatic heterocycles. The number of aryl methyl sites for hydroxylation is 1. The van der Waals surface area contributed by atoms with Crippen LogP contribution in [0.25, 0.3) is 0 Å². The second-order valence-corrected chi connectivity index (χ2v) is 8.58. The van der Waals surface area contributed by atoms with Gasteiger partial charge >= 0.3 is 0 Å². The summed E-state index contributed by atoms with van der Waals surface area (Å²) in [5.41, 5.74) is 1.85. The van der Waals surface area contributed by atoms with E-state index in [1.807, 2.05) is 31.2 Å². The van der Waals surface area contributed by atoms with Crippen molar-refractivity contribution in [2.75, 3.05) is 23.0 Å². The van der Waals surface area contributed by atoms with Crippen molar-refractivity contribution in [2.45, 2.75) is 25.8 Å². The molecule has 2 unspecified atom stereocenters. The maximum Gasteiger partial charge on any atom is 0.227 e. The minimum atomic E-state index is -3.03. The normalized spacial score (nSPS) is 26.5. The molecule has 23 heavy (non-hydrogen) atoms. The summed E-state index contributed by atoms with van der Waals surface area (Å²) in [6.45, 7) is 2.29. The third-order valence-corrected chi connectivity index (χ3v) is 6.16. The molecule has 0 saturated carbocycles. The highest BCUT2D eigenvalue weighted by atomic mass is 32.2. The second kappa shape index (κ2) is 5.96. The number of hydrogen-bond donors (Lipinski definition) is 1. The number of carbonyl (C=O) groups is 2. The molecule has 124 valence electrons. The predicted octanol–water partition coefficient (Wildman–Crippen LogP) is 0.651. The van der Waals surface area contributed by atoms with E-state index in [0.717, 1.165) is 11.3 Å². The minimum Gasteiger partial charge on any atom is -0.352 e. The summed E-state index contributed by atoms with van der Waals surface area (Å²) < 4.78 is 22.9. The summed E-state index contributed by atoms with van der Waals surface area (Å²) in [6.07, 6.45) is 0.621. The van der Waals surface area contributed by atoms with Crippen molar-refractivity contribution < 1.29 is 18.0 Å². The standard InChI is InChI=1S/C16H20N2O4S/c1-11-3-2-4-14(7-11)18-9-12(8-15(18)19)16(20)17-13-5-6-23(21,22)10-13/h2-4,7,12-13H,5-6,8-10H2,1H3,(H,17,20). The zero-order valence-corrected chi connectivity index (χ0v) is 13.8. The van der Waals surface area contributed by atoms with Crippen LogP contribution in [0, 0.1) is 12.8 Å². The second-order valence-electron chi connectivity index (χ2n) is 6.35. The molecule has 0 aromatic heterocycles. The molecule has 1 N–H and O–H groups in total. The first-order valence-corrected chi connectivity index (χ1v) is 9.54. The first-order valence-electron chi connectivity index (χ1n) is 7.72. The molecule has 0 aliphatic carbocycles. The van der Waals surface area contributed by atoms with Crippen molar-refractivity contribution in [3.05, 3.63) is 29.8 Å². The fourth-order valence-corrected chi connectivity index (χ4v) is 4.83. The number of nitrogens with zero attached hydrogens (tertiary/aromatic N) is 1. The van der Waals surface area contributed by atoms with E-state index in [1.54, 1.807) is 4.90 Å². The highest BCUT2D eigenvalue weighted by Crippen LogP contribution is 2.26. The number of anilines is 1. The SMILES string of the molecule is Cc1cccc(N2CC(C(=O)NC3CCS(=O)(=O)C3)CC2=O)c1. The van der Waals surface area contributed by atoms with Gasteiger partial charge in [-0.1, -0.05) is 12.1 Å². The lowest BCUT2D eigenvalue weighted by Gasteiger charge is -2.18. The summed E-state index contributed by atoms with van der Waals surface area (Å²) in [4.78, 5) is 26.1. The lowest BCUT2D eigenvalue weighted by atomic mass is 10.1. The van der Waals surface area contributed by atoms with E-state index in [1.165, 1.54) is 0 Å². The van der Waals surface area contributed by atoms with E-state index >= 15 is 0 Å². The van der Waals surface area contributed by atoms with Gasteiger partial charge in [0.15, 0.2) is 9.84 Å². The highest BCUT2D eigenvalue weighted by molar-refractivity contribution is 7.91. The zero-order valence-electron chi connectivity index (χ0n) is 13.0. The first-order chi connectivity index (χ1) is 10.8. The average molecular weight is 336 g/mol. The van der Waals surface area contributed by atoms with Crippen molar-refractivity contribution in [3.8, 4) is 0 Å². The number of nitrogens with one attached hydrogen (secondary N) is 1. The fourth-order valence-electron chi connectivity index (χ4n) is 3.16. The van der Waals surface area contributed by atoms with Crippen LogP contribution in [0.1, 0.15) is 18.4 Å². The van der Waals surface area contributed by atoms with E-state index in [2.05, 4.69) is 5.32 Å². The Balaban J connectivity index is 1.64. The Labute approximate surface area is 135 Å². The largest absolute Gasteiger partial charge is 0.352 e. The van der Waals surface area contributed by atoms with E-state index in [4.69, 9.17) is 0 Å². The Kier molecular flexibility index (Phi) is 4.14. The van der Waals surface area contributed by atoms with E-state index in [0.29, 0.717) is 13.0 Å². The topological polar surface area (TPSA) is 83.6 Å². The molecule has 6 nitrogen and oxygen atoms in total. The summed E-state index contributed by atoms with van der Waals surface area (Å²) in [5.74, 6) is -0.602. The molecule has 2 saturated heterocycles. The molecule has 2 atom stereocenters. The Hall–Kier alpha value is -1.89. The summed E-state index contributed by atoms with van der Waals surface area (Å²) in [5, 5.41) is 2.78. The van der Waals surface area contributed by atoms with Crippen LogP contribution in [0.5, 0.6) is 0 Å². The van der Waals surface area contributed by atoms with Crippen LogP contribution >= 0.6 is 0 Å². The minimum absolute atomic E-state index is 0.000993. The van der Waals surface area contributed by atoms with Crippen LogP contribution in [0.4, 0.5) is 5.69 Å². The van der Waals surface area contributed by atoms with Crippen molar-refractivity contribution in [2.24, 2.45) is 5.92 Å². The number of benzene rings is 1. The molecule has 7 heteroatoms. The Morgan fingerprint density at radius 3 is 2.78 bits per heavy atom. The maximum atomic E-state index is 12.3. The number of amides is 2. The molecule has 1 aromatic carbocycles. The van der Waals surface area contributed by atoms with Gasteiger partial charge in [0.1, 0.15) is 0 Å². The fraction of sp³-hybridized carbons (Fsp3) is 0.500. The van der Waals surface area contributed by atoms with E-state index < -0.39 is 15.8 Å². The molecule has 0 radical (unpaired) electrons. The van der Waals surface area contributed by atoms with Gasteiger partial charge in [0, 0.05) is 24.7 Å². The third kappa shape index (κ3) is 3.55. The van der Waals surface area contributed by atoms with Gasteiger partial charge < -0.3 is 10.2 Å². The summed E-state index contributed by atoms with van der Waals surface area (Å²) in [6, 6.07) is 7.29. The summed E-state index contributed by atoms with van der Waals surface area (Å²) in [7, 11) is -3.03. The zero-order chi connectivity index (χ0) is 16.6. The van der Waals surface area contributed by atoms with Crippen molar-refractivity contribution in [1.82, 2.24) is 5.32 Å². The van der Waals surface area contributed by atoms with E-state index in [-0.39, 0.29) is 35.8 Å². The van der Waals surface area contributed by atoms with Crippen molar-refractivity contribution in [3.63, 3.8) is 0 Å². The van der Waals surface area contributed by atoms with Gasteiger partial charge in [-0.2, -0.15) is 0 Å².